The highest BCUT2D eigenvalue weighted by molar-refractivity contribution is 6.02. The summed E-state index contributed by atoms with van der Waals surface area (Å²) in [6.45, 7) is 4.13. The Kier molecular flexibility index (Phi) is 5.98. The zero-order valence-corrected chi connectivity index (χ0v) is 19.2. The Morgan fingerprint density at radius 1 is 0.667 bits per heavy atom. The van der Waals surface area contributed by atoms with E-state index in [1.165, 1.54) is 12.1 Å². The van der Waals surface area contributed by atoms with Crippen LogP contribution in [0.5, 0.6) is 5.75 Å². The van der Waals surface area contributed by atoms with E-state index >= 15 is 0 Å². The van der Waals surface area contributed by atoms with Gasteiger partial charge >= 0.3 is 6.18 Å². The fourth-order valence-electron chi connectivity index (χ4n) is 4.27. The lowest BCUT2D eigenvalue weighted by atomic mass is 9.93. The van der Waals surface area contributed by atoms with Crippen LogP contribution >= 0.6 is 0 Å². The molecule has 0 spiro atoms. The number of rotatable bonds is 5. The SMILES string of the molecule is C=C(Oc1ccccc1N)c1ccc(-c2ccc(-c3cccc(C(F)(F)F)c3)cc2)c2ccccc12. The van der Waals surface area contributed by atoms with Gasteiger partial charge in [-0.1, -0.05) is 85.4 Å². The predicted octanol–water partition coefficient (Wildman–Crippen LogP) is 8.82. The molecule has 5 heteroatoms. The maximum Gasteiger partial charge on any atom is 0.416 e. The number of hydrogen-bond donors (Lipinski definition) is 1. The van der Waals surface area contributed by atoms with Gasteiger partial charge in [0.15, 0.2) is 0 Å². The number of alkyl halides is 3. The first-order valence-electron chi connectivity index (χ1n) is 11.3. The van der Waals surface area contributed by atoms with Crippen LogP contribution in [-0.4, -0.2) is 0 Å². The minimum atomic E-state index is -4.38. The lowest BCUT2D eigenvalue weighted by Gasteiger charge is -2.15. The minimum absolute atomic E-state index is 0.482. The number of ether oxygens (including phenoxy) is 1. The van der Waals surface area contributed by atoms with Crippen LogP contribution < -0.4 is 10.5 Å². The molecule has 0 radical (unpaired) electrons. The molecule has 0 aliphatic heterocycles. The number of nitrogens with two attached hydrogens (primary N) is 1. The van der Waals surface area contributed by atoms with Crippen molar-refractivity contribution in [3.63, 3.8) is 0 Å². The van der Waals surface area contributed by atoms with Gasteiger partial charge in [0.1, 0.15) is 11.5 Å². The first-order valence-corrected chi connectivity index (χ1v) is 11.3. The Morgan fingerprint density at radius 3 is 2.06 bits per heavy atom. The van der Waals surface area contributed by atoms with Gasteiger partial charge in [-0.3, -0.25) is 0 Å². The molecule has 5 aromatic carbocycles. The average molecular weight is 482 g/mol. The zero-order chi connectivity index (χ0) is 25.3. The second-order valence-corrected chi connectivity index (χ2v) is 8.43. The van der Waals surface area contributed by atoms with E-state index in [0.717, 1.165) is 33.5 Å². The number of nitrogen functional groups attached to an aromatic ring is 1. The summed E-state index contributed by atoms with van der Waals surface area (Å²) in [5, 5.41) is 1.98. The highest BCUT2D eigenvalue weighted by Gasteiger charge is 2.30. The Hall–Kier alpha value is -4.51. The summed E-state index contributed by atoms with van der Waals surface area (Å²) in [6, 6.07) is 32.1. The largest absolute Gasteiger partial charge is 0.455 e. The van der Waals surface area contributed by atoms with Crippen LogP contribution in [0.15, 0.2) is 116 Å². The average Bonchev–Trinajstić information content (AvgIpc) is 2.89. The van der Waals surface area contributed by atoms with Crippen LogP contribution in [0.4, 0.5) is 18.9 Å². The summed E-state index contributed by atoms with van der Waals surface area (Å²) >= 11 is 0. The third-order valence-electron chi connectivity index (χ3n) is 6.10. The van der Waals surface area contributed by atoms with Gasteiger partial charge in [0, 0.05) is 5.56 Å². The van der Waals surface area contributed by atoms with Crippen LogP contribution in [0.2, 0.25) is 0 Å². The topological polar surface area (TPSA) is 35.2 Å². The first kappa shape index (κ1) is 23.2. The van der Waals surface area contributed by atoms with E-state index in [1.54, 1.807) is 18.2 Å². The molecule has 2 nitrogen and oxygen atoms in total. The summed E-state index contributed by atoms with van der Waals surface area (Å²) in [5.74, 6) is 1.02. The van der Waals surface area contributed by atoms with Gasteiger partial charge in [0.05, 0.1) is 11.3 Å². The van der Waals surface area contributed by atoms with E-state index in [9.17, 15) is 13.2 Å². The molecule has 0 fully saturated rings. The molecule has 5 rings (SSSR count). The van der Waals surface area contributed by atoms with Crippen molar-refractivity contribution in [3.05, 3.63) is 127 Å². The van der Waals surface area contributed by atoms with Gasteiger partial charge in [0.25, 0.3) is 0 Å². The third-order valence-corrected chi connectivity index (χ3v) is 6.10. The monoisotopic (exact) mass is 481 g/mol. The number of halogens is 3. The van der Waals surface area contributed by atoms with E-state index in [4.69, 9.17) is 10.5 Å². The van der Waals surface area contributed by atoms with Gasteiger partial charge in [-0.25, -0.2) is 0 Å². The van der Waals surface area contributed by atoms with Gasteiger partial charge in [-0.05, 0) is 63.4 Å². The van der Waals surface area contributed by atoms with E-state index in [2.05, 4.69) is 6.58 Å². The highest BCUT2D eigenvalue weighted by Crippen LogP contribution is 2.36. The molecular weight excluding hydrogens is 459 g/mol. The van der Waals surface area contributed by atoms with Crippen LogP contribution in [0.3, 0.4) is 0 Å². The second-order valence-electron chi connectivity index (χ2n) is 8.43. The molecule has 0 heterocycles. The van der Waals surface area contributed by atoms with E-state index in [0.29, 0.717) is 28.3 Å². The van der Waals surface area contributed by atoms with Crippen molar-refractivity contribution in [1.29, 1.82) is 0 Å². The number of benzene rings is 5. The molecule has 0 saturated heterocycles. The van der Waals surface area contributed by atoms with E-state index in [1.807, 2.05) is 72.8 Å². The number of para-hydroxylation sites is 2. The summed E-state index contributed by atoms with van der Waals surface area (Å²) in [4.78, 5) is 0. The molecule has 0 bridgehead atoms. The maximum absolute atomic E-state index is 13.1. The van der Waals surface area contributed by atoms with Crippen molar-refractivity contribution < 1.29 is 17.9 Å². The second kappa shape index (κ2) is 9.27. The molecule has 0 aromatic heterocycles. The zero-order valence-electron chi connectivity index (χ0n) is 19.2. The molecule has 0 aliphatic carbocycles. The fourth-order valence-corrected chi connectivity index (χ4v) is 4.27. The lowest BCUT2D eigenvalue weighted by Crippen LogP contribution is -2.04. The molecular formula is C31H22F3NO. The molecule has 0 saturated carbocycles. The molecule has 5 aromatic rings. The van der Waals surface area contributed by atoms with Crippen LogP contribution in [-0.2, 0) is 6.18 Å². The lowest BCUT2D eigenvalue weighted by molar-refractivity contribution is -0.137. The summed E-state index contributed by atoms with van der Waals surface area (Å²) in [7, 11) is 0. The van der Waals surface area contributed by atoms with Gasteiger partial charge < -0.3 is 10.5 Å². The van der Waals surface area contributed by atoms with E-state index in [-0.39, 0.29) is 0 Å². The first-order chi connectivity index (χ1) is 17.3. The molecule has 2 N–H and O–H groups in total. The van der Waals surface area contributed by atoms with Crippen molar-refractivity contribution >= 4 is 22.2 Å². The Bertz CT molecular complexity index is 1570. The highest BCUT2D eigenvalue weighted by atomic mass is 19.4. The molecule has 0 aliphatic rings. The minimum Gasteiger partial charge on any atom is -0.455 e. The number of fused-ring (bicyclic) bond motifs is 1. The third kappa shape index (κ3) is 4.56. The standard InChI is InChI=1S/C31H22F3NO/c1-20(36-30-12-5-4-11-29(30)35)25-17-18-26(28-10-3-2-9-27(25)28)22-15-13-21(14-16-22)23-7-6-8-24(19-23)31(32,33)34/h2-19H,1,35H2. The van der Waals surface area contributed by atoms with Crippen molar-refractivity contribution in [2.75, 3.05) is 5.73 Å². The van der Waals surface area contributed by atoms with Gasteiger partial charge in [-0.15, -0.1) is 0 Å². The van der Waals surface area contributed by atoms with Crippen LogP contribution in [0.1, 0.15) is 11.1 Å². The van der Waals surface area contributed by atoms with Crippen molar-refractivity contribution in [2.24, 2.45) is 0 Å². The summed E-state index contributed by atoms with van der Waals surface area (Å²) in [5.41, 5.74) is 9.92. The number of hydrogen-bond acceptors (Lipinski definition) is 2. The van der Waals surface area contributed by atoms with Crippen molar-refractivity contribution in [3.8, 4) is 28.0 Å². The molecule has 0 unspecified atom stereocenters. The van der Waals surface area contributed by atoms with Crippen molar-refractivity contribution in [1.82, 2.24) is 0 Å². The maximum atomic E-state index is 13.1. The predicted molar refractivity (Wildman–Crippen MR) is 140 cm³/mol. The van der Waals surface area contributed by atoms with Gasteiger partial charge in [0.2, 0.25) is 0 Å². The Labute approximate surface area is 207 Å². The van der Waals surface area contributed by atoms with Gasteiger partial charge in [-0.2, -0.15) is 13.2 Å². The Balaban J connectivity index is 1.49. The molecule has 36 heavy (non-hydrogen) atoms. The summed E-state index contributed by atoms with van der Waals surface area (Å²) in [6.07, 6.45) is -4.38. The van der Waals surface area contributed by atoms with Crippen molar-refractivity contribution in [2.45, 2.75) is 6.18 Å². The van der Waals surface area contributed by atoms with Crippen LogP contribution in [0, 0.1) is 0 Å². The normalized spacial score (nSPS) is 11.4. The molecule has 178 valence electrons. The molecule has 0 amide bonds. The number of anilines is 1. The van der Waals surface area contributed by atoms with E-state index < -0.39 is 11.7 Å². The fraction of sp³-hybridized carbons (Fsp3) is 0.0323. The van der Waals surface area contributed by atoms with Crippen LogP contribution in [0.25, 0.3) is 38.8 Å². The molecule has 0 atom stereocenters. The quantitative estimate of drug-likeness (QED) is 0.201. The Morgan fingerprint density at radius 2 is 1.33 bits per heavy atom. The smallest absolute Gasteiger partial charge is 0.416 e. The summed E-state index contributed by atoms with van der Waals surface area (Å²) < 4.78 is 45.4.